The van der Waals surface area contributed by atoms with E-state index >= 15 is 0 Å². The summed E-state index contributed by atoms with van der Waals surface area (Å²) in [5, 5.41) is 0. The van der Waals surface area contributed by atoms with Crippen molar-refractivity contribution in [3.8, 4) is 0 Å². The monoisotopic (exact) mass is 204 g/mol. The van der Waals surface area contributed by atoms with Crippen molar-refractivity contribution in [2.24, 2.45) is 0 Å². The molecule has 1 saturated heterocycles. The maximum atomic E-state index is 11.0. The Balaban J connectivity index is 2.32. The largest absolute Gasteiger partial charge is 0.514 e. The number of hydrogen-bond donors (Lipinski definition) is 0. The van der Waals surface area contributed by atoms with Gasteiger partial charge in [0.05, 0.1) is 0 Å². The lowest BCUT2D eigenvalue weighted by Gasteiger charge is -2.13. The average molecular weight is 204 g/mol. The molecule has 1 aliphatic rings. The first-order valence-electron chi connectivity index (χ1n) is 4.76. The highest BCUT2D eigenvalue weighted by Gasteiger charge is 2.38. The zero-order chi connectivity index (χ0) is 10.9. The topological polar surface area (TPSA) is 35.5 Å². The summed E-state index contributed by atoms with van der Waals surface area (Å²) in [5.41, 5.74) is 0.311. The molecule has 0 radical (unpaired) electrons. The number of ether oxygens (including phenoxy) is 2. The summed E-state index contributed by atoms with van der Waals surface area (Å²) < 4.78 is 9.98. The van der Waals surface area contributed by atoms with Crippen LogP contribution in [0.25, 0.3) is 6.08 Å². The fourth-order valence-corrected chi connectivity index (χ4v) is 1.40. The SMILES string of the molecule is CC1(C)OC(=O)O/C1=C\c1ccccc1. The second-order valence-corrected chi connectivity index (χ2v) is 3.88. The van der Waals surface area contributed by atoms with Crippen molar-refractivity contribution < 1.29 is 14.3 Å². The van der Waals surface area contributed by atoms with Gasteiger partial charge in [0.2, 0.25) is 0 Å². The van der Waals surface area contributed by atoms with E-state index in [-0.39, 0.29) is 0 Å². The normalized spacial score (nSPS) is 21.2. The molecule has 3 nitrogen and oxygen atoms in total. The third-order valence-corrected chi connectivity index (χ3v) is 2.22. The van der Waals surface area contributed by atoms with E-state index in [2.05, 4.69) is 0 Å². The van der Waals surface area contributed by atoms with Gasteiger partial charge in [0.1, 0.15) is 0 Å². The van der Waals surface area contributed by atoms with E-state index in [1.807, 2.05) is 36.4 Å². The highest BCUT2D eigenvalue weighted by Crippen LogP contribution is 2.31. The van der Waals surface area contributed by atoms with Gasteiger partial charge in [0.15, 0.2) is 11.4 Å². The minimum atomic E-state index is -0.674. The molecule has 78 valence electrons. The average Bonchev–Trinajstić information content (AvgIpc) is 2.41. The zero-order valence-corrected chi connectivity index (χ0v) is 8.69. The molecular formula is C12H12O3. The molecule has 0 aliphatic carbocycles. The molecule has 0 aromatic heterocycles. The third kappa shape index (κ3) is 2.01. The van der Waals surface area contributed by atoms with Crippen LogP contribution in [0.5, 0.6) is 0 Å². The van der Waals surface area contributed by atoms with Crippen molar-refractivity contribution in [2.75, 3.05) is 0 Å². The molecule has 15 heavy (non-hydrogen) atoms. The van der Waals surface area contributed by atoms with E-state index in [4.69, 9.17) is 9.47 Å². The van der Waals surface area contributed by atoms with E-state index in [1.54, 1.807) is 13.8 Å². The first-order valence-corrected chi connectivity index (χ1v) is 4.76. The second kappa shape index (κ2) is 3.42. The van der Waals surface area contributed by atoms with Gasteiger partial charge in [-0.1, -0.05) is 30.3 Å². The number of hydrogen-bond acceptors (Lipinski definition) is 3. The van der Waals surface area contributed by atoms with Crippen molar-refractivity contribution in [2.45, 2.75) is 19.4 Å². The maximum Gasteiger partial charge on any atom is 0.514 e. The maximum absolute atomic E-state index is 11.0. The van der Waals surface area contributed by atoms with Crippen LogP contribution in [0.15, 0.2) is 36.1 Å². The van der Waals surface area contributed by atoms with Crippen LogP contribution in [-0.2, 0) is 9.47 Å². The molecule has 0 bridgehead atoms. The van der Waals surface area contributed by atoms with Crippen LogP contribution >= 0.6 is 0 Å². The van der Waals surface area contributed by atoms with Gasteiger partial charge in [-0.2, -0.15) is 0 Å². The van der Waals surface area contributed by atoms with Gasteiger partial charge >= 0.3 is 6.16 Å². The summed E-state index contributed by atoms with van der Waals surface area (Å²) in [6, 6.07) is 9.67. The predicted molar refractivity (Wildman–Crippen MR) is 56.1 cm³/mol. The van der Waals surface area contributed by atoms with Crippen LogP contribution in [-0.4, -0.2) is 11.8 Å². The van der Waals surface area contributed by atoms with Crippen LogP contribution in [0.4, 0.5) is 4.79 Å². The van der Waals surface area contributed by atoms with Gasteiger partial charge in [-0.3, -0.25) is 0 Å². The number of benzene rings is 1. The van der Waals surface area contributed by atoms with E-state index in [0.717, 1.165) is 5.56 Å². The predicted octanol–water partition coefficient (Wildman–Crippen LogP) is 2.97. The standard InChI is InChI=1S/C12H12O3/c1-12(2)10(14-11(13)15-12)8-9-6-4-3-5-7-9/h3-8H,1-2H3/b10-8-. The Hall–Kier alpha value is -1.77. The first-order chi connectivity index (χ1) is 7.08. The number of carbonyl (C=O) groups is 1. The molecule has 0 saturated carbocycles. The molecule has 0 unspecified atom stereocenters. The molecule has 0 N–H and O–H groups in total. The zero-order valence-electron chi connectivity index (χ0n) is 8.69. The molecule has 3 heteroatoms. The third-order valence-electron chi connectivity index (χ3n) is 2.22. The highest BCUT2D eigenvalue weighted by molar-refractivity contribution is 5.69. The van der Waals surface area contributed by atoms with E-state index < -0.39 is 11.8 Å². The minimum Gasteiger partial charge on any atom is -0.420 e. The first kappa shape index (κ1) is 9.77. The molecule has 0 atom stereocenters. The van der Waals surface area contributed by atoms with Crippen LogP contribution in [0.3, 0.4) is 0 Å². The van der Waals surface area contributed by atoms with Crippen molar-refractivity contribution >= 4 is 12.2 Å². The molecule has 1 aliphatic heterocycles. The molecule has 1 heterocycles. The van der Waals surface area contributed by atoms with Crippen molar-refractivity contribution in [3.63, 3.8) is 0 Å². The minimum absolute atomic E-state index is 0.540. The summed E-state index contributed by atoms with van der Waals surface area (Å²) >= 11 is 0. The van der Waals surface area contributed by atoms with Crippen LogP contribution in [0.1, 0.15) is 19.4 Å². The van der Waals surface area contributed by atoms with Crippen LogP contribution in [0, 0.1) is 0 Å². The Morgan fingerprint density at radius 3 is 2.40 bits per heavy atom. The van der Waals surface area contributed by atoms with E-state index in [1.165, 1.54) is 0 Å². The molecule has 2 rings (SSSR count). The summed E-state index contributed by atoms with van der Waals surface area (Å²) in [7, 11) is 0. The summed E-state index contributed by atoms with van der Waals surface area (Å²) in [6.45, 7) is 3.60. The van der Waals surface area contributed by atoms with Crippen LogP contribution < -0.4 is 0 Å². The van der Waals surface area contributed by atoms with Gasteiger partial charge in [-0.25, -0.2) is 4.79 Å². The van der Waals surface area contributed by atoms with E-state index in [0.29, 0.717) is 5.76 Å². The number of carbonyl (C=O) groups excluding carboxylic acids is 1. The van der Waals surface area contributed by atoms with Crippen LogP contribution in [0.2, 0.25) is 0 Å². The second-order valence-electron chi connectivity index (χ2n) is 3.88. The number of cyclic esters (lactones) is 2. The fourth-order valence-electron chi connectivity index (χ4n) is 1.40. The lowest BCUT2D eigenvalue weighted by molar-refractivity contribution is 0.0873. The van der Waals surface area contributed by atoms with Crippen molar-refractivity contribution in [1.82, 2.24) is 0 Å². The highest BCUT2D eigenvalue weighted by atomic mass is 16.8. The Labute approximate surface area is 88.3 Å². The van der Waals surface area contributed by atoms with Gasteiger partial charge in [0, 0.05) is 0 Å². The Bertz CT molecular complexity index is 404. The fraction of sp³-hybridized carbons (Fsp3) is 0.250. The van der Waals surface area contributed by atoms with E-state index in [9.17, 15) is 4.79 Å². The Morgan fingerprint density at radius 2 is 1.87 bits per heavy atom. The smallest absolute Gasteiger partial charge is 0.420 e. The summed E-state index contributed by atoms with van der Waals surface area (Å²) in [6.07, 6.45) is 1.17. The Kier molecular flexibility index (Phi) is 2.23. The quantitative estimate of drug-likeness (QED) is 0.660. The van der Waals surface area contributed by atoms with Crippen molar-refractivity contribution in [1.29, 1.82) is 0 Å². The molecule has 0 spiro atoms. The number of rotatable bonds is 1. The lowest BCUT2D eigenvalue weighted by atomic mass is 10.1. The summed E-state index contributed by atoms with van der Waals surface area (Å²) in [5.74, 6) is 0.540. The van der Waals surface area contributed by atoms with Gasteiger partial charge in [-0.05, 0) is 25.5 Å². The van der Waals surface area contributed by atoms with Gasteiger partial charge in [-0.15, -0.1) is 0 Å². The summed E-state index contributed by atoms with van der Waals surface area (Å²) in [4.78, 5) is 11.0. The Morgan fingerprint density at radius 1 is 1.20 bits per heavy atom. The van der Waals surface area contributed by atoms with Gasteiger partial charge in [0.25, 0.3) is 0 Å². The molecule has 1 aromatic rings. The van der Waals surface area contributed by atoms with Gasteiger partial charge < -0.3 is 9.47 Å². The molecule has 0 amide bonds. The lowest BCUT2D eigenvalue weighted by Crippen LogP contribution is -2.20. The van der Waals surface area contributed by atoms with Crippen molar-refractivity contribution in [3.05, 3.63) is 41.7 Å². The molecular weight excluding hydrogens is 192 g/mol. The molecule has 1 fully saturated rings. The molecule has 1 aromatic carbocycles.